The molecule has 3 saturated heterocycles. The van der Waals surface area contributed by atoms with Gasteiger partial charge >= 0.3 is 0 Å². The average molecular weight is 342 g/mol. The van der Waals surface area contributed by atoms with Gasteiger partial charge in [-0.15, -0.1) is 0 Å². The first-order valence-electron chi connectivity index (χ1n) is 9.80. The Morgan fingerprint density at radius 3 is 2.80 bits per heavy atom. The molecule has 3 fully saturated rings. The summed E-state index contributed by atoms with van der Waals surface area (Å²) >= 11 is 0. The van der Waals surface area contributed by atoms with Crippen LogP contribution in [0.2, 0.25) is 0 Å². The first-order valence-corrected chi connectivity index (χ1v) is 9.80. The molecule has 4 nitrogen and oxygen atoms in total. The van der Waals surface area contributed by atoms with E-state index in [1.54, 1.807) is 0 Å². The van der Waals surface area contributed by atoms with Crippen LogP contribution >= 0.6 is 0 Å². The van der Waals surface area contributed by atoms with Gasteiger partial charge in [0.2, 0.25) is 5.91 Å². The minimum Gasteiger partial charge on any atom is -0.381 e. The van der Waals surface area contributed by atoms with Crippen LogP contribution in [0.25, 0.3) is 0 Å². The van der Waals surface area contributed by atoms with Crippen LogP contribution in [-0.2, 0) is 16.1 Å². The van der Waals surface area contributed by atoms with Gasteiger partial charge in [0, 0.05) is 39.4 Å². The molecule has 0 unspecified atom stereocenters. The predicted octanol–water partition coefficient (Wildman–Crippen LogP) is 2.85. The quantitative estimate of drug-likeness (QED) is 0.843. The van der Waals surface area contributed by atoms with Gasteiger partial charge in [0.1, 0.15) is 0 Å². The highest BCUT2D eigenvalue weighted by atomic mass is 16.5. The van der Waals surface area contributed by atoms with Gasteiger partial charge in [-0.1, -0.05) is 29.8 Å². The first kappa shape index (κ1) is 17.0. The number of benzene rings is 1. The second-order valence-electron chi connectivity index (χ2n) is 8.29. The van der Waals surface area contributed by atoms with E-state index in [2.05, 4.69) is 41.0 Å². The fraction of sp³-hybridized carbons (Fsp3) is 0.667. The van der Waals surface area contributed by atoms with Crippen LogP contribution in [0, 0.1) is 18.3 Å². The van der Waals surface area contributed by atoms with Gasteiger partial charge in [-0.25, -0.2) is 0 Å². The van der Waals surface area contributed by atoms with Crippen molar-refractivity contribution in [3.63, 3.8) is 0 Å². The molecule has 1 aromatic carbocycles. The lowest BCUT2D eigenvalue weighted by atomic mass is 9.85. The van der Waals surface area contributed by atoms with Gasteiger partial charge in [0.15, 0.2) is 0 Å². The summed E-state index contributed by atoms with van der Waals surface area (Å²) < 4.78 is 5.47. The molecule has 4 rings (SSSR count). The number of likely N-dealkylation sites (tertiary alicyclic amines) is 2. The van der Waals surface area contributed by atoms with Crippen molar-refractivity contribution in [2.75, 3.05) is 39.4 Å². The lowest BCUT2D eigenvalue weighted by Gasteiger charge is -2.28. The van der Waals surface area contributed by atoms with Crippen LogP contribution in [0.15, 0.2) is 24.3 Å². The molecule has 3 aliphatic rings. The molecule has 1 aromatic rings. The molecule has 1 amide bonds. The zero-order chi connectivity index (χ0) is 17.3. The van der Waals surface area contributed by atoms with Crippen LogP contribution in [0.1, 0.15) is 36.8 Å². The topological polar surface area (TPSA) is 32.8 Å². The summed E-state index contributed by atoms with van der Waals surface area (Å²) in [5, 5.41) is 0. The minimum atomic E-state index is -0.102. The molecule has 4 heteroatoms. The lowest BCUT2D eigenvalue weighted by Crippen LogP contribution is -2.38. The Balaban J connectivity index is 1.36. The Hall–Kier alpha value is -1.39. The minimum absolute atomic E-state index is 0.102. The summed E-state index contributed by atoms with van der Waals surface area (Å²) in [6, 6.07) is 8.54. The largest absolute Gasteiger partial charge is 0.381 e. The van der Waals surface area contributed by atoms with Crippen molar-refractivity contribution >= 4 is 5.91 Å². The summed E-state index contributed by atoms with van der Waals surface area (Å²) in [6.07, 6.45) is 4.43. The van der Waals surface area contributed by atoms with Crippen LogP contribution in [0.5, 0.6) is 0 Å². The number of nitrogens with zero attached hydrogens (tertiary/aromatic N) is 2. The lowest BCUT2D eigenvalue weighted by molar-refractivity contribution is -0.136. The van der Waals surface area contributed by atoms with Crippen molar-refractivity contribution in [1.82, 2.24) is 9.80 Å². The standard InChI is InChI=1S/C21H30N2O2/c1-17-3-2-4-19(13-17)15-23-10-8-21(20(23)24)7-9-22(16-21)14-18-5-11-25-12-6-18/h2-4,13,18H,5-12,14-16H2,1H3/t21-/m0/s1. The normalized spacial score (nSPS) is 28.4. The summed E-state index contributed by atoms with van der Waals surface area (Å²) in [6.45, 7) is 8.81. The van der Waals surface area contributed by atoms with Crippen molar-refractivity contribution in [3.8, 4) is 0 Å². The van der Waals surface area contributed by atoms with E-state index in [4.69, 9.17) is 4.74 Å². The third-order valence-electron chi connectivity index (χ3n) is 6.35. The van der Waals surface area contributed by atoms with Crippen LogP contribution in [0.4, 0.5) is 0 Å². The maximum atomic E-state index is 13.1. The molecule has 0 aliphatic carbocycles. The molecule has 0 aromatic heterocycles. The number of hydrogen-bond acceptors (Lipinski definition) is 3. The number of carbonyl (C=O) groups excluding carboxylic acids is 1. The van der Waals surface area contributed by atoms with Gasteiger partial charge in [-0.2, -0.15) is 0 Å². The highest BCUT2D eigenvalue weighted by Gasteiger charge is 2.50. The van der Waals surface area contributed by atoms with Gasteiger partial charge in [-0.3, -0.25) is 4.79 Å². The van der Waals surface area contributed by atoms with E-state index in [9.17, 15) is 4.79 Å². The van der Waals surface area contributed by atoms with Crippen LogP contribution < -0.4 is 0 Å². The third-order valence-corrected chi connectivity index (χ3v) is 6.35. The average Bonchev–Trinajstić information content (AvgIpc) is 3.15. The Morgan fingerprint density at radius 1 is 1.20 bits per heavy atom. The highest BCUT2D eigenvalue weighted by Crippen LogP contribution is 2.41. The monoisotopic (exact) mass is 342 g/mol. The summed E-state index contributed by atoms with van der Waals surface area (Å²) in [4.78, 5) is 17.8. The second kappa shape index (κ2) is 7.08. The SMILES string of the molecule is Cc1cccc(CN2CC[C@]3(CCN(CC4CCOCC4)C3)C2=O)c1. The Morgan fingerprint density at radius 2 is 2.00 bits per heavy atom. The molecule has 3 aliphatic heterocycles. The number of aryl methyl sites for hydroxylation is 1. The van der Waals surface area contributed by atoms with Crippen molar-refractivity contribution in [2.24, 2.45) is 11.3 Å². The maximum absolute atomic E-state index is 13.1. The number of carbonyl (C=O) groups is 1. The van der Waals surface area contributed by atoms with E-state index < -0.39 is 0 Å². The summed E-state index contributed by atoms with van der Waals surface area (Å²) in [5.74, 6) is 1.15. The van der Waals surface area contributed by atoms with Gasteiger partial charge < -0.3 is 14.5 Å². The molecule has 3 heterocycles. The highest BCUT2D eigenvalue weighted by molar-refractivity contribution is 5.85. The van der Waals surface area contributed by atoms with Gasteiger partial charge in [0.25, 0.3) is 0 Å². The molecule has 0 saturated carbocycles. The van der Waals surface area contributed by atoms with Crippen LogP contribution in [-0.4, -0.2) is 55.1 Å². The summed E-state index contributed by atoms with van der Waals surface area (Å²) in [5.41, 5.74) is 2.42. The Bertz CT molecular complexity index is 626. The zero-order valence-corrected chi connectivity index (χ0v) is 15.4. The van der Waals surface area contributed by atoms with E-state index in [1.807, 2.05) is 0 Å². The number of ether oxygens (including phenoxy) is 1. The fourth-order valence-corrected chi connectivity index (χ4v) is 4.86. The smallest absolute Gasteiger partial charge is 0.230 e. The van der Waals surface area contributed by atoms with E-state index in [0.717, 1.165) is 64.7 Å². The molecule has 1 spiro atoms. The van der Waals surface area contributed by atoms with E-state index in [0.29, 0.717) is 5.91 Å². The van der Waals surface area contributed by atoms with Crippen molar-refractivity contribution in [1.29, 1.82) is 0 Å². The Labute approximate surface area is 151 Å². The number of amides is 1. The predicted molar refractivity (Wildman–Crippen MR) is 98.2 cm³/mol. The number of hydrogen-bond donors (Lipinski definition) is 0. The van der Waals surface area contributed by atoms with E-state index in [-0.39, 0.29) is 5.41 Å². The van der Waals surface area contributed by atoms with E-state index >= 15 is 0 Å². The zero-order valence-electron chi connectivity index (χ0n) is 15.4. The second-order valence-corrected chi connectivity index (χ2v) is 8.29. The molecular weight excluding hydrogens is 312 g/mol. The molecule has 1 atom stereocenters. The maximum Gasteiger partial charge on any atom is 0.230 e. The first-order chi connectivity index (χ1) is 12.1. The van der Waals surface area contributed by atoms with Crippen molar-refractivity contribution in [2.45, 2.75) is 39.2 Å². The van der Waals surface area contributed by atoms with Crippen molar-refractivity contribution in [3.05, 3.63) is 35.4 Å². The molecule has 0 radical (unpaired) electrons. The summed E-state index contributed by atoms with van der Waals surface area (Å²) in [7, 11) is 0. The van der Waals surface area contributed by atoms with Gasteiger partial charge in [0.05, 0.1) is 5.41 Å². The molecule has 25 heavy (non-hydrogen) atoms. The fourth-order valence-electron chi connectivity index (χ4n) is 4.86. The molecular formula is C21H30N2O2. The number of rotatable bonds is 4. The van der Waals surface area contributed by atoms with E-state index in [1.165, 1.54) is 24.0 Å². The van der Waals surface area contributed by atoms with Crippen molar-refractivity contribution < 1.29 is 9.53 Å². The molecule has 136 valence electrons. The third kappa shape index (κ3) is 3.61. The van der Waals surface area contributed by atoms with Gasteiger partial charge in [-0.05, 0) is 50.6 Å². The molecule has 0 bridgehead atoms. The Kier molecular flexibility index (Phi) is 4.83. The van der Waals surface area contributed by atoms with Crippen LogP contribution in [0.3, 0.4) is 0 Å². The molecule has 0 N–H and O–H groups in total.